The van der Waals surface area contributed by atoms with E-state index in [1.807, 2.05) is 0 Å². The normalized spacial score (nSPS) is 34.4. The summed E-state index contributed by atoms with van der Waals surface area (Å²) in [6.45, 7) is 1.39. The number of rotatable bonds is 0. The second-order valence-corrected chi connectivity index (χ2v) is 2.59. The van der Waals surface area contributed by atoms with Crippen molar-refractivity contribution in [3.63, 3.8) is 0 Å². The quantitative estimate of drug-likeness (QED) is 0.525. The molecule has 0 aromatic heterocycles. The Morgan fingerprint density at radius 3 is 2.80 bits per heavy atom. The van der Waals surface area contributed by atoms with Gasteiger partial charge in [-0.05, 0) is 12.8 Å². The molecule has 2 atom stereocenters. The molecule has 0 aromatic rings. The van der Waals surface area contributed by atoms with Crippen molar-refractivity contribution in [1.82, 2.24) is 0 Å². The molecule has 0 spiro atoms. The Labute approximate surface area is 60.8 Å². The minimum atomic E-state index is 0.00231. The highest BCUT2D eigenvalue weighted by Gasteiger charge is 2.19. The van der Waals surface area contributed by atoms with Crippen LogP contribution in [0.5, 0.6) is 0 Å². The molecular weight excluding hydrogens is 128 g/mol. The van der Waals surface area contributed by atoms with Crippen LogP contribution in [0.4, 0.5) is 0 Å². The Morgan fingerprint density at radius 2 is 2.10 bits per heavy atom. The lowest BCUT2D eigenvalue weighted by Gasteiger charge is -2.10. The predicted octanol–water partition coefficient (Wildman–Crippen LogP) is 0.264. The lowest BCUT2D eigenvalue weighted by molar-refractivity contribution is 0.142. The molecule has 0 radical (unpaired) electrons. The third-order valence-corrected chi connectivity index (χ3v) is 1.85. The van der Waals surface area contributed by atoms with E-state index in [9.17, 15) is 0 Å². The first kappa shape index (κ1) is 7.52. The molecule has 1 fully saturated rings. The first-order chi connectivity index (χ1) is 4.84. The van der Waals surface area contributed by atoms with Crippen LogP contribution < -0.4 is 5.73 Å². The first-order valence-corrected chi connectivity index (χ1v) is 3.57. The smallest absolute Gasteiger partial charge is 0.0673 e. The molecule has 10 heavy (non-hydrogen) atoms. The Bertz CT molecular complexity index is 141. The van der Waals surface area contributed by atoms with E-state index < -0.39 is 0 Å². The highest BCUT2D eigenvalue weighted by molar-refractivity contribution is 4.91. The zero-order valence-corrected chi connectivity index (χ0v) is 5.92. The van der Waals surface area contributed by atoms with Crippen LogP contribution in [-0.2, 0) is 4.74 Å². The predicted molar refractivity (Wildman–Crippen MR) is 37.1 cm³/mol. The molecule has 56 valence electrons. The Kier molecular flexibility index (Phi) is 2.67. The van der Waals surface area contributed by atoms with E-state index in [-0.39, 0.29) is 12.0 Å². The molecule has 0 unspecified atom stereocenters. The van der Waals surface area contributed by atoms with Gasteiger partial charge in [0.1, 0.15) is 0 Å². The molecule has 2 N–H and O–H groups in total. The van der Waals surface area contributed by atoms with E-state index in [1.54, 1.807) is 0 Å². The van der Waals surface area contributed by atoms with Gasteiger partial charge in [0.25, 0.3) is 0 Å². The Morgan fingerprint density at radius 1 is 1.40 bits per heavy atom. The van der Waals surface area contributed by atoms with E-state index in [1.165, 1.54) is 0 Å². The highest BCUT2D eigenvalue weighted by Crippen LogP contribution is 2.13. The van der Waals surface area contributed by atoms with Crippen molar-refractivity contribution >= 4 is 0 Å². The number of nitriles is 1. The van der Waals surface area contributed by atoms with Gasteiger partial charge in [-0.25, -0.2) is 0 Å². The summed E-state index contributed by atoms with van der Waals surface area (Å²) in [5.41, 5.74) is 5.69. The molecule has 1 aliphatic rings. The summed E-state index contributed by atoms with van der Waals surface area (Å²) in [4.78, 5) is 0. The fraction of sp³-hybridized carbons (Fsp3) is 0.857. The molecule has 3 nitrogen and oxygen atoms in total. The number of hydrogen-bond donors (Lipinski definition) is 1. The topological polar surface area (TPSA) is 59.0 Å². The van der Waals surface area contributed by atoms with Gasteiger partial charge in [-0.15, -0.1) is 0 Å². The molecule has 1 rings (SSSR count). The molecule has 0 aromatic carbocycles. The van der Waals surface area contributed by atoms with Gasteiger partial charge in [0.2, 0.25) is 0 Å². The highest BCUT2D eigenvalue weighted by atomic mass is 16.5. The molecule has 0 bridgehead atoms. The van der Waals surface area contributed by atoms with Gasteiger partial charge in [0.05, 0.1) is 12.0 Å². The third-order valence-electron chi connectivity index (χ3n) is 1.85. The molecule has 3 heteroatoms. The lowest BCUT2D eigenvalue weighted by atomic mass is 9.98. The second kappa shape index (κ2) is 3.55. The zero-order valence-electron chi connectivity index (χ0n) is 5.92. The summed E-state index contributed by atoms with van der Waals surface area (Å²) in [6, 6.07) is 2.21. The number of ether oxygens (including phenoxy) is 1. The van der Waals surface area contributed by atoms with Gasteiger partial charge in [-0.1, -0.05) is 0 Å². The van der Waals surface area contributed by atoms with Crippen molar-refractivity contribution in [3.8, 4) is 6.07 Å². The fourth-order valence-corrected chi connectivity index (χ4v) is 1.11. The summed E-state index contributed by atoms with van der Waals surface area (Å²) >= 11 is 0. The van der Waals surface area contributed by atoms with Crippen molar-refractivity contribution in [3.05, 3.63) is 0 Å². The van der Waals surface area contributed by atoms with Gasteiger partial charge < -0.3 is 10.5 Å². The third kappa shape index (κ3) is 1.69. The van der Waals surface area contributed by atoms with Crippen molar-refractivity contribution < 1.29 is 4.74 Å². The summed E-state index contributed by atoms with van der Waals surface area (Å²) < 4.78 is 5.17. The SMILES string of the molecule is N#C[C@H]1CCOCC[C@H]1N. The standard InChI is InChI=1S/C7H12N2O/c8-5-6-1-3-10-4-2-7(6)9/h6-7H,1-4,9H2/t6-,7-/m1/s1. The van der Waals surface area contributed by atoms with E-state index >= 15 is 0 Å². The van der Waals surface area contributed by atoms with Crippen LogP contribution in [0.3, 0.4) is 0 Å². The van der Waals surface area contributed by atoms with Gasteiger partial charge in [0.15, 0.2) is 0 Å². The molecule has 1 aliphatic heterocycles. The first-order valence-electron chi connectivity index (χ1n) is 3.57. The van der Waals surface area contributed by atoms with E-state index in [0.717, 1.165) is 12.8 Å². The zero-order chi connectivity index (χ0) is 7.40. The van der Waals surface area contributed by atoms with Crippen molar-refractivity contribution in [2.75, 3.05) is 13.2 Å². The van der Waals surface area contributed by atoms with Crippen LogP contribution >= 0.6 is 0 Å². The molecule has 1 heterocycles. The van der Waals surface area contributed by atoms with Crippen LogP contribution in [0, 0.1) is 17.2 Å². The summed E-state index contributed by atoms with van der Waals surface area (Å²) in [5, 5.41) is 8.60. The summed E-state index contributed by atoms with van der Waals surface area (Å²) in [5.74, 6) is 0.00231. The largest absolute Gasteiger partial charge is 0.381 e. The van der Waals surface area contributed by atoms with Gasteiger partial charge in [0, 0.05) is 19.3 Å². The molecule has 1 saturated heterocycles. The van der Waals surface area contributed by atoms with Gasteiger partial charge in [-0.3, -0.25) is 0 Å². The maximum atomic E-state index is 8.60. The number of hydrogen-bond acceptors (Lipinski definition) is 3. The molecule has 0 aliphatic carbocycles. The van der Waals surface area contributed by atoms with E-state index in [2.05, 4.69) is 6.07 Å². The molecule has 0 saturated carbocycles. The average Bonchev–Trinajstić information content (AvgIpc) is 2.13. The fourth-order valence-electron chi connectivity index (χ4n) is 1.11. The van der Waals surface area contributed by atoms with Crippen molar-refractivity contribution in [1.29, 1.82) is 5.26 Å². The minimum absolute atomic E-state index is 0.00231. The van der Waals surface area contributed by atoms with E-state index in [4.69, 9.17) is 15.7 Å². The van der Waals surface area contributed by atoms with Crippen LogP contribution in [0.25, 0.3) is 0 Å². The van der Waals surface area contributed by atoms with Gasteiger partial charge in [-0.2, -0.15) is 5.26 Å². The van der Waals surface area contributed by atoms with Crippen molar-refractivity contribution in [2.24, 2.45) is 11.7 Å². The van der Waals surface area contributed by atoms with E-state index in [0.29, 0.717) is 13.2 Å². The number of nitrogens with zero attached hydrogens (tertiary/aromatic N) is 1. The molecule has 0 amide bonds. The van der Waals surface area contributed by atoms with Crippen LogP contribution in [-0.4, -0.2) is 19.3 Å². The maximum absolute atomic E-state index is 8.60. The van der Waals surface area contributed by atoms with Crippen LogP contribution in [0.2, 0.25) is 0 Å². The van der Waals surface area contributed by atoms with Crippen molar-refractivity contribution in [2.45, 2.75) is 18.9 Å². The molecular formula is C7H12N2O. The minimum Gasteiger partial charge on any atom is -0.381 e. The Balaban J connectivity index is 2.45. The average molecular weight is 140 g/mol. The van der Waals surface area contributed by atoms with Gasteiger partial charge >= 0.3 is 0 Å². The van der Waals surface area contributed by atoms with Crippen LogP contribution in [0.1, 0.15) is 12.8 Å². The number of nitrogens with two attached hydrogens (primary N) is 1. The summed E-state index contributed by atoms with van der Waals surface area (Å²) in [7, 11) is 0. The van der Waals surface area contributed by atoms with Crippen LogP contribution in [0.15, 0.2) is 0 Å². The Hall–Kier alpha value is -0.590. The monoisotopic (exact) mass is 140 g/mol. The maximum Gasteiger partial charge on any atom is 0.0673 e. The lowest BCUT2D eigenvalue weighted by Crippen LogP contribution is -2.28. The second-order valence-electron chi connectivity index (χ2n) is 2.59. The summed E-state index contributed by atoms with van der Waals surface area (Å²) in [6.07, 6.45) is 1.61.